The number of hydrogen-bond acceptors (Lipinski definition) is 12. The summed E-state index contributed by atoms with van der Waals surface area (Å²) in [4.78, 5) is 93.3. The van der Waals surface area contributed by atoms with Gasteiger partial charge < -0.3 is 31.7 Å². The molecule has 14 nitrogen and oxygen atoms in total. The van der Waals surface area contributed by atoms with Crippen LogP contribution in [0.15, 0.2) is 36.4 Å². The van der Waals surface area contributed by atoms with Gasteiger partial charge in [0.05, 0.1) is 24.6 Å². The van der Waals surface area contributed by atoms with Gasteiger partial charge in [-0.25, -0.2) is 4.79 Å². The molecule has 0 saturated heterocycles. The third kappa shape index (κ3) is 4.89. The quantitative estimate of drug-likeness (QED) is 0.178. The fraction of sp³-hybridized carbons (Fsp3) is 0.406. The molecule has 2 saturated carbocycles. The van der Waals surface area contributed by atoms with E-state index in [1.807, 2.05) is 0 Å². The number of fused-ring (bicyclic) bond motifs is 3. The molecule has 14 heteroatoms. The largest absolute Gasteiger partial charge is 0.507 e. The first-order valence-electron chi connectivity index (χ1n) is 14.6. The number of likely N-dealkylation sites (N-methyl/N-ethyl adjacent to an activating group) is 1. The Balaban J connectivity index is 1.57. The average molecular weight is 635 g/mol. The van der Waals surface area contributed by atoms with Crippen molar-refractivity contribution in [3.63, 3.8) is 0 Å². The molecule has 46 heavy (non-hydrogen) atoms. The van der Waals surface area contributed by atoms with E-state index in [-0.39, 0.29) is 30.5 Å². The highest BCUT2D eigenvalue weighted by Crippen LogP contribution is 2.51. The number of phenolic OH excluding ortho intramolecular Hbond substituents is 1. The van der Waals surface area contributed by atoms with Gasteiger partial charge in [0.2, 0.25) is 5.91 Å². The van der Waals surface area contributed by atoms with Gasteiger partial charge in [-0.1, -0.05) is 18.2 Å². The number of methoxy groups -OCH3 is 1. The summed E-state index contributed by atoms with van der Waals surface area (Å²) in [5, 5.41) is 25.1. The summed E-state index contributed by atoms with van der Waals surface area (Å²) in [6.45, 7) is -0.196. The van der Waals surface area contributed by atoms with Crippen molar-refractivity contribution in [1.82, 2.24) is 10.2 Å². The number of carbonyl (C=O) groups is 7. The lowest BCUT2D eigenvalue weighted by molar-refractivity contribution is -0.181. The van der Waals surface area contributed by atoms with Crippen molar-refractivity contribution in [2.45, 2.75) is 30.5 Å². The van der Waals surface area contributed by atoms with E-state index < -0.39 is 88.0 Å². The van der Waals surface area contributed by atoms with Crippen LogP contribution in [0.5, 0.6) is 5.75 Å². The van der Waals surface area contributed by atoms with Crippen LogP contribution < -0.4 is 16.8 Å². The van der Waals surface area contributed by atoms with E-state index in [0.717, 1.165) is 0 Å². The molecular formula is C32H34N4O10. The third-order valence-corrected chi connectivity index (χ3v) is 9.41. The zero-order chi connectivity index (χ0) is 33.8. The highest BCUT2D eigenvalue weighted by Gasteiger charge is 2.69. The maximum absolute atomic E-state index is 14.0. The molecule has 0 aliphatic heterocycles. The number of benzene rings is 2. The molecule has 3 aliphatic carbocycles. The molecule has 0 aromatic heterocycles. The number of rotatable bonds is 7. The summed E-state index contributed by atoms with van der Waals surface area (Å²) in [6, 6.07) is 6.83. The predicted octanol–water partition coefficient (Wildman–Crippen LogP) is -1.24. The number of aromatic hydroxyl groups is 1. The van der Waals surface area contributed by atoms with Gasteiger partial charge in [-0.05, 0) is 67.7 Å². The standard InChI is InChI=1S/C32H34N4O10/c1-36(2)24-18-11-15-10-17-16(13-5-4-6-14(9-13)30(43)35-19(12-33)31(44)46-3)7-8-20(37)22(17)25(38)21(15)27(40)32(18,45)28(41)23(26(24)39)29(34)42/h4-9,15,18-19,21,23-24,37,45H,10-12,33H2,1-3H3,(H2,34,42)(H,35,43)/t15-,18-,19?,21?,23?,24-,32-/m1/s1. The van der Waals surface area contributed by atoms with Crippen molar-refractivity contribution in [3.05, 3.63) is 53.1 Å². The average Bonchev–Trinajstić information content (AvgIpc) is 3.01. The number of ether oxygens (including phenoxy) is 1. The second-order valence-electron chi connectivity index (χ2n) is 12.1. The highest BCUT2D eigenvalue weighted by atomic mass is 16.5. The van der Waals surface area contributed by atoms with Crippen LogP contribution in [0, 0.1) is 23.7 Å². The number of ketones is 4. The Kier molecular flexibility index (Phi) is 8.40. The van der Waals surface area contributed by atoms with Crippen LogP contribution in [0.1, 0.15) is 32.7 Å². The molecule has 0 heterocycles. The Bertz CT molecular complexity index is 1700. The monoisotopic (exact) mass is 634 g/mol. The van der Waals surface area contributed by atoms with Gasteiger partial charge >= 0.3 is 5.97 Å². The van der Waals surface area contributed by atoms with Gasteiger partial charge in [0, 0.05) is 18.0 Å². The number of amides is 2. The molecule has 2 fully saturated rings. The molecule has 7 atom stereocenters. The second kappa shape index (κ2) is 11.9. The molecule has 2 aromatic carbocycles. The minimum absolute atomic E-state index is 0.0452. The van der Waals surface area contributed by atoms with E-state index >= 15 is 0 Å². The Morgan fingerprint density at radius 3 is 2.41 bits per heavy atom. The first kappa shape index (κ1) is 32.6. The molecule has 0 spiro atoms. The third-order valence-electron chi connectivity index (χ3n) is 9.41. The van der Waals surface area contributed by atoms with E-state index in [4.69, 9.17) is 11.5 Å². The number of nitrogens with zero attached hydrogens (tertiary/aromatic N) is 1. The lowest BCUT2D eigenvalue weighted by Crippen LogP contribution is -2.74. The van der Waals surface area contributed by atoms with Crippen LogP contribution in [-0.4, -0.2) is 101 Å². The molecule has 3 aliphatic rings. The molecule has 0 bridgehead atoms. The number of aliphatic hydroxyl groups is 1. The lowest BCUT2D eigenvalue weighted by atomic mass is 9.52. The van der Waals surface area contributed by atoms with Crippen molar-refractivity contribution >= 4 is 40.9 Å². The fourth-order valence-electron chi connectivity index (χ4n) is 7.30. The Morgan fingerprint density at radius 1 is 1.11 bits per heavy atom. The number of carbonyl (C=O) groups excluding carboxylic acids is 7. The van der Waals surface area contributed by atoms with Gasteiger partial charge in [0.1, 0.15) is 11.8 Å². The van der Waals surface area contributed by atoms with Crippen LogP contribution in [0.3, 0.4) is 0 Å². The molecule has 3 unspecified atom stereocenters. The Labute approximate surface area is 263 Å². The number of phenols is 1. The van der Waals surface area contributed by atoms with E-state index in [1.54, 1.807) is 18.2 Å². The van der Waals surface area contributed by atoms with Gasteiger partial charge in [-0.2, -0.15) is 0 Å². The number of hydrogen-bond donors (Lipinski definition) is 5. The first-order chi connectivity index (χ1) is 21.7. The Hall–Kier alpha value is -4.79. The van der Waals surface area contributed by atoms with Crippen molar-refractivity contribution in [1.29, 1.82) is 0 Å². The number of primary amides is 1. The van der Waals surface area contributed by atoms with Crippen LogP contribution in [-0.2, 0) is 35.1 Å². The molecule has 2 aromatic rings. The number of nitrogens with one attached hydrogen (secondary N) is 1. The van der Waals surface area contributed by atoms with Gasteiger partial charge in [0.25, 0.3) is 5.91 Å². The van der Waals surface area contributed by atoms with E-state index in [0.29, 0.717) is 16.7 Å². The zero-order valence-corrected chi connectivity index (χ0v) is 25.3. The van der Waals surface area contributed by atoms with E-state index in [9.17, 15) is 43.8 Å². The van der Waals surface area contributed by atoms with Crippen molar-refractivity contribution < 1.29 is 48.5 Å². The molecule has 0 radical (unpaired) electrons. The molecular weight excluding hydrogens is 600 g/mol. The van der Waals surface area contributed by atoms with Crippen molar-refractivity contribution in [2.75, 3.05) is 27.7 Å². The number of nitrogens with two attached hydrogens (primary N) is 2. The van der Waals surface area contributed by atoms with Crippen LogP contribution in [0.25, 0.3) is 11.1 Å². The Morgan fingerprint density at radius 2 is 1.80 bits per heavy atom. The summed E-state index contributed by atoms with van der Waals surface area (Å²) >= 11 is 0. The van der Waals surface area contributed by atoms with Crippen LogP contribution >= 0.6 is 0 Å². The zero-order valence-electron chi connectivity index (χ0n) is 25.3. The van der Waals surface area contributed by atoms with E-state index in [1.165, 1.54) is 44.3 Å². The first-order valence-corrected chi connectivity index (χ1v) is 14.6. The smallest absolute Gasteiger partial charge is 0.329 e. The molecule has 2 amide bonds. The summed E-state index contributed by atoms with van der Waals surface area (Å²) < 4.78 is 4.66. The topological polar surface area (TPSA) is 236 Å². The van der Waals surface area contributed by atoms with Crippen molar-refractivity contribution in [3.8, 4) is 16.9 Å². The minimum Gasteiger partial charge on any atom is -0.507 e. The number of esters is 1. The lowest BCUT2D eigenvalue weighted by Gasteiger charge is -2.52. The summed E-state index contributed by atoms with van der Waals surface area (Å²) in [5.41, 5.74) is 9.46. The molecule has 242 valence electrons. The maximum atomic E-state index is 14.0. The second-order valence-corrected chi connectivity index (χ2v) is 12.1. The highest BCUT2D eigenvalue weighted by molar-refractivity contribution is 6.32. The number of Topliss-reactive ketones (excluding diaryl/α,β-unsaturated/α-hetero) is 4. The van der Waals surface area contributed by atoms with Gasteiger partial charge in [-0.15, -0.1) is 0 Å². The predicted molar refractivity (Wildman–Crippen MR) is 159 cm³/mol. The molecule has 7 N–H and O–H groups in total. The summed E-state index contributed by atoms with van der Waals surface area (Å²) in [6.07, 6.45) is -0.0565. The normalized spacial score (nSPS) is 27.7. The maximum Gasteiger partial charge on any atom is 0.329 e. The van der Waals surface area contributed by atoms with Gasteiger partial charge in [-0.3, -0.25) is 33.7 Å². The molecule has 5 rings (SSSR count). The SMILES string of the molecule is COC(=O)C(CN)NC(=O)c1cccc(-c2ccc(O)c3c2C[C@@H]2C[C@@H]4[C@@H](N(C)C)C(=O)C(C(N)=O)C(=O)[C@]4(O)C(=O)C2C3=O)c1. The summed E-state index contributed by atoms with van der Waals surface area (Å²) in [5.74, 6) is -12.8. The van der Waals surface area contributed by atoms with Crippen LogP contribution in [0.4, 0.5) is 0 Å². The van der Waals surface area contributed by atoms with Gasteiger partial charge in [0.15, 0.2) is 34.7 Å². The fourth-order valence-corrected chi connectivity index (χ4v) is 7.30. The van der Waals surface area contributed by atoms with E-state index in [2.05, 4.69) is 10.1 Å². The summed E-state index contributed by atoms with van der Waals surface area (Å²) in [7, 11) is 4.18. The van der Waals surface area contributed by atoms with Crippen molar-refractivity contribution in [2.24, 2.45) is 35.1 Å². The minimum atomic E-state index is -2.82. The van der Waals surface area contributed by atoms with Crippen LogP contribution in [0.2, 0.25) is 0 Å².